The molecule has 198 valence electrons. The minimum Gasteiger partial charge on any atom is -0.489 e. The first-order valence-electron chi connectivity index (χ1n) is 12.7. The van der Waals surface area contributed by atoms with Gasteiger partial charge in [0.2, 0.25) is 5.88 Å². The van der Waals surface area contributed by atoms with Crippen molar-refractivity contribution in [2.24, 2.45) is 5.73 Å². The number of aryl methyl sites for hydroxylation is 1. The highest BCUT2D eigenvalue weighted by molar-refractivity contribution is 7.13. The number of carbonyl (C=O) groups excluding carboxylic acids is 2. The Labute approximate surface area is 219 Å². The third-order valence-corrected chi connectivity index (χ3v) is 7.65. The number of carbonyl (C=O) groups is 2. The summed E-state index contributed by atoms with van der Waals surface area (Å²) in [5, 5.41) is 18.5. The summed E-state index contributed by atoms with van der Waals surface area (Å²) in [5.41, 5.74) is 6.72. The molecule has 2 saturated carbocycles. The third-order valence-electron chi connectivity index (χ3n) is 6.68. The summed E-state index contributed by atoms with van der Waals surface area (Å²) >= 11 is 1.24. The monoisotopic (exact) mass is 527 g/mol. The molecule has 10 nitrogen and oxygen atoms in total. The van der Waals surface area contributed by atoms with Crippen molar-refractivity contribution in [2.75, 3.05) is 6.61 Å². The van der Waals surface area contributed by atoms with Gasteiger partial charge in [0.15, 0.2) is 4.88 Å². The normalized spacial score (nSPS) is 20.1. The smallest absolute Gasteiger partial charge is 0.264 e. The van der Waals surface area contributed by atoms with E-state index in [1.54, 1.807) is 20.0 Å². The molecular weight excluding hydrogens is 494 g/mol. The zero-order valence-electron chi connectivity index (χ0n) is 21.3. The van der Waals surface area contributed by atoms with Crippen LogP contribution < -0.4 is 20.5 Å². The predicted molar refractivity (Wildman–Crippen MR) is 138 cm³/mol. The van der Waals surface area contributed by atoms with Crippen LogP contribution in [0.2, 0.25) is 0 Å². The van der Waals surface area contributed by atoms with E-state index in [-0.39, 0.29) is 24.7 Å². The van der Waals surface area contributed by atoms with Crippen LogP contribution in [-0.4, -0.2) is 55.9 Å². The number of amides is 2. The van der Waals surface area contributed by atoms with Gasteiger partial charge >= 0.3 is 0 Å². The van der Waals surface area contributed by atoms with Gasteiger partial charge < -0.3 is 25.6 Å². The Morgan fingerprint density at radius 2 is 1.95 bits per heavy atom. The Kier molecular flexibility index (Phi) is 6.84. The highest BCUT2D eigenvalue weighted by Gasteiger charge is 2.32. The van der Waals surface area contributed by atoms with E-state index in [1.165, 1.54) is 11.3 Å². The molecule has 0 atom stereocenters. The quantitative estimate of drug-likeness (QED) is 0.387. The Bertz CT molecular complexity index is 1310. The molecule has 5 rings (SSSR count). The van der Waals surface area contributed by atoms with Gasteiger partial charge in [0, 0.05) is 12.0 Å². The fourth-order valence-corrected chi connectivity index (χ4v) is 5.43. The SMILES string of the molecule is Cc1nc(OC2CCC(NC(=O)c3cnn4c(C5CC5)c(OCC(C)(C)O)ccc34)CC2)c(C(N)=O)s1. The lowest BCUT2D eigenvalue weighted by molar-refractivity contribution is 0.0279. The number of ether oxygens (including phenoxy) is 2. The van der Waals surface area contributed by atoms with Crippen LogP contribution >= 0.6 is 11.3 Å². The number of fused-ring (bicyclic) bond motifs is 1. The van der Waals surface area contributed by atoms with E-state index >= 15 is 0 Å². The van der Waals surface area contributed by atoms with Gasteiger partial charge in [-0.2, -0.15) is 5.10 Å². The van der Waals surface area contributed by atoms with Crippen LogP contribution in [0.15, 0.2) is 18.3 Å². The van der Waals surface area contributed by atoms with Crippen LogP contribution in [0.1, 0.15) is 89.0 Å². The van der Waals surface area contributed by atoms with E-state index in [1.807, 2.05) is 23.6 Å². The van der Waals surface area contributed by atoms with Crippen LogP contribution in [-0.2, 0) is 0 Å². The minimum absolute atomic E-state index is 0.0207. The second-order valence-corrected chi connectivity index (χ2v) is 11.8. The predicted octanol–water partition coefficient (Wildman–Crippen LogP) is 3.35. The van der Waals surface area contributed by atoms with E-state index in [9.17, 15) is 14.7 Å². The van der Waals surface area contributed by atoms with Crippen molar-refractivity contribution in [1.82, 2.24) is 19.9 Å². The molecule has 3 aromatic heterocycles. The standard InChI is InChI=1S/C26H33N5O5S/c1-14-29-25(22(37-14)23(27)32)36-17-8-6-16(7-9-17)30-24(33)18-12-28-31-19(18)10-11-20(21(31)15-4-5-15)35-13-26(2,3)34/h10-12,15-17,34H,4-9,13H2,1-3H3,(H2,27,32)(H,30,33). The van der Waals surface area contributed by atoms with E-state index < -0.39 is 11.5 Å². The maximum atomic E-state index is 13.2. The molecule has 0 radical (unpaired) electrons. The Balaban J connectivity index is 1.23. The van der Waals surface area contributed by atoms with Gasteiger partial charge in [-0.25, -0.2) is 9.50 Å². The van der Waals surface area contributed by atoms with Gasteiger partial charge in [-0.3, -0.25) is 9.59 Å². The Morgan fingerprint density at radius 3 is 2.59 bits per heavy atom. The van der Waals surface area contributed by atoms with Crippen molar-refractivity contribution in [3.05, 3.63) is 39.5 Å². The van der Waals surface area contributed by atoms with E-state index in [4.69, 9.17) is 15.2 Å². The first-order valence-corrected chi connectivity index (χ1v) is 13.5. The van der Waals surface area contributed by atoms with Crippen molar-refractivity contribution >= 4 is 28.7 Å². The van der Waals surface area contributed by atoms with Gasteiger partial charge in [0.05, 0.1) is 33.6 Å². The number of nitrogens with two attached hydrogens (primary N) is 1. The first kappa shape index (κ1) is 25.5. The lowest BCUT2D eigenvalue weighted by Gasteiger charge is -2.29. The van der Waals surface area contributed by atoms with Gasteiger partial charge in [-0.15, -0.1) is 11.3 Å². The summed E-state index contributed by atoms with van der Waals surface area (Å²) in [4.78, 5) is 29.5. The maximum Gasteiger partial charge on any atom is 0.264 e. The Hall–Kier alpha value is -3.18. The second kappa shape index (κ2) is 9.94. The van der Waals surface area contributed by atoms with E-state index in [0.29, 0.717) is 28.0 Å². The number of nitrogens with one attached hydrogen (secondary N) is 1. The number of aliphatic hydroxyl groups is 1. The molecule has 2 aliphatic carbocycles. The second-order valence-electron chi connectivity index (χ2n) is 10.6. The molecule has 0 unspecified atom stereocenters. The molecule has 3 heterocycles. The molecule has 0 aliphatic heterocycles. The van der Waals surface area contributed by atoms with Gasteiger partial charge in [-0.1, -0.05) is 0 Å². The molecule has 37 heavy (non-hydrogen) atoms. The van der Waals surface area contributed by atoms with Crippen molar-refractivity contribution in [1.29, 1.82) is 0 Å². The average molecular weight is 528 g/mol. The van der Waals surface area contributed by atoms with Crippen LogP contribution in [0.5, 0.6) is 11.6 Å². The highest BCUT2D eigenvalue weighted by Crippen LogP contribution is 2.44. The van der Waals surface area contributed by atoms with Crippen LogP contribution in [0.25, 0.3) is 5.52 Å². The summed E-state index contributed by atoms with van der Waals surface area (Å²) in [7, 11) is 0. The molecule has 2 amide bonds. The number of aromatic nitrogens is 3. The third kappa shape index (κ3) is 5.72. The molecular formula is C26H33N5O5S. The fourth-order valence-electron chi connectivity index (χ4n) is 4.73. The summed E-state index contributed by atoms with van der Waals surface area (Å²) in [6.45, 7) is 5.40. The number of pyridine rings is 1. The maximum absolute atomic E-state index is 13.2. The number of nitrogens with zero attached hydrogens (tertiary/aromatic N) is 3. The summed E-state index contributed by atoms with van der Waals surface area (Å²) < 4.78 is 13.7. The molecule has 0 saturated heterocycles. The molecule has 2 aliphatic rings. The number of hydrogen-bond donors (Lipinski definition) is 3. The average Bonchev–Trinajstić information content (AvgIpc) is 3.47. The largest absolute Gasteiger partial charge is 0.489 e. The Morgan fingerprint density at radius 1 is 1.22 bits per heavy atom. The number of rotatable bonds is 9. The molecule has 4 N–H and O–H groups in total. The van der Waals surface area contributed by atoms with Gasteiger partial charge in [0.1, 0.15) is 18.5 Å². The van der Waals surface area contributed by atoms with Crippen molar-refractivity contribution in [2.45, 2.75) is 83.0 Å². The molecule has 11 heteroatoms. The highest BCUT2D eigenvalue weighted by atomic mass is 32.1. The van der Waals surface area contributed by atoms with E-state index in [0.717, 1.165) is 54.7 Å². The summed E-state index contributed by atoms with van der Waals surface area (Å²) in [6.07, 6.45) is 6.62. The molecule has 3 aromatic rings. The van der Waals surface area contributed by atoms with Crippen molar-refractivity contribution in [3.63, 3.8) is 0 Å². The zero-order valence-corrected chi connectivity index (χ0v) is 22.1. The molecule has 0 aromatic carbocycles. The number of thiazole rings is 1. The summed E-state index contributed by atoms with van der Waals surface area (Å²) in [6, 6.07) is 3.74. The fraction of sp³-hybridized carbons (Fsp3) is 0.538. The minimum atomic E-state index is -0.946. The van der Waals surface area contributed by atoms with Crippen LogP contribution in [0, 0.1) is 6.92 Å². The van der Waals surface area contributed by atoms with Crippen LogP contribution in [0.3, 0.4) is 0 Å². The van der Waals surface area contributed by atoms with Crippen molar-refractivity contribution < 1.29 is 24.2 Å². The van der Waals surface area contributed by atoms with Gasteiger partial charge in [-0.05, 0) is 71.4 Å². The lowest BCUT2D eigenvalue weighted by atomic mass is 9.92. The van der Waals surface area contributed by atoms with Crippen molar-refractivity contribution in [3.8, 4) is 11.6 Å². The topological polar surface area (TPSA) is 141 Å². The van der Waals surface area contributed by atoms with E-state index in [2.05, 4.69) is 15.4 Å². The number of primary amides is 1. The van der Waals surface area contributed by atoms with Crippen LogP contribution in [0.4, 0.5) is 0 Å². The summed E-state index contributed by atoms with van der Waals surface area (Å²) in [5.74, 6) is 0.655. The lowest BCUT2D eigenvalue weighted by Crippen LogP contribution is -2.39. The molecule has 0 bridgehead atoms. The number of hydrogen-bond acceptors (Lipinski definition) is 8. The zero-order chi connectivity index (χ0) is 26.3. The molecule has 2 fully saturated rings. The van der Waals surface area contributed by atoms with Gasteiger partial charge in [0.25, 0.3) is 11.8 Å². The molecule has 0 spiro atoms. The first-order chi connectivity index (χ1) is 17.6.